The van der Waals surface area contributed by atoms with Crippen molar-refractivity contribution in [1.82, 2.24) is 4.98 Å². The normalized spacial score (nSPS) is 11.4. The van der Waals surface area contributed by atoms with E-state index in [9.17, 15) is 13.5 Å². The van der Waals surface area contributed by atoms with Crippen LogP contribution in [0.4, 0.5) is 0 Å². The van der Waals surface area contributed by atoms with Crippen LogP contribution in [0.1, 0.15) is 24.6 Å². The van der Waals surface area contributed by atoms with Crippen LogP contribution in [0.2, 0.25) is 0 Å². The second-order valence-corrected chi connectivity index (χ2v) is 7.35. The zero-order valence-electron chi connectivity index (χ0n) is 12.6. The summed E-state index contributed by atoms with van der Waals surface area (Å²) in [5.41, 5.74) is 1.51. The lowest BCUT2D eigenvalue weighted by molar-refractivity contribution is 0.409. The number of hydrogen-bond acceptors (Lipinski definition) is 5. The number of sulfone groups is 1. The van der Waals surface area contributed by atoms with E-state index in [-0.39, 0.29) is 11.5 Å². The Bertz CT molecular complexity index is 739. The molecule has 1 aromatic heterocycles. The Kier molecular flexibility index (Phi) is 5.03. The lowest BCUT2D eigenvalue weighted by Gasteiger charge is -2.09. The molecule has 0 bridgehead atoms. The van der Waals surface area contributed by atoms with Crippen LogP contribution in [0.25, 0.3) is 0 Å². The third kappa shape index (κ3) is 4.73. The van der Waals surface area contributed by atoms with Gasteiger partial charge >= 0.3 is 0 Å². The van der Waals surface area contributed by atoms with Crippen molar-refractivity contribution in [3.63, 3.8) is 0 Å². The van der Waals surface area contributed by atoms with Crippen molar-refractivity contribution >= 4 is 9.84 Å². The minimum atomic E-state index is -3.11. The number of phenols is 1. The second kappa shape index (κ2) is 6.79. The lowest BCUT2D eigenvalue weighted by Crippen LogP contribution is -2.02. The van der Waals surface area contributed by atoms with Crippen molar-refractivity contribution in [3.05, 3.63) is 47.8 Å². The zero-order chi connectivity index (χ0) is 16.2. The fourth-order valence-corrected chi connectivity index (χ4v) is 2.75. The topological polar surface area (TPSA) is 76.5 Å². The van der Waals surface area contributed by atoms with Gasteiger partial charge in [0.05, 0.1) is 17.6 Å². The summed E-state index contributed by atoms with van der Waals surface area (Å²) in [6.45, 7) is 2.07. The molecule has 1 heterocycles. The maximum atomic E-state index is 11.2. The van der Waals surface area contributed by atoms with Gasteiger partial charge in [-0.1, -0.05) is 19.4 Å². The van der Waals surface area contributed by atoms with E-state index < -0.39 is 9.84 Å². The van der Waals surface area contributed by atoms with E-state index in [4.69, 9.17) is 4.74 Å². The molecule has 0 saturated carbocycles. The van der Waals surface area contributed by atoms with Crippen LogP contribution in [0, 0.1) is 0 Å². The first-order valence-corrected chi connectivity index (χ1v) is 9.06. The highest BCUT2D eigenvalue weighted by Crippen LogP contribution is 2.31. The number of aromatic nitrogens is 1. The van der Waals surface area contributed by atoms with Crippen molar-refractivity contribution in [3.8, 4) is 17.2 Å². The molecule has 5 nitrogen and oxygen atoms in total. The number of benzene rings is 1. The smallest absolute Gasteiger partial charge is 0.169 e. The van der Waals surface area contributed by atoms with Crippen LogP contribution in [0.3, 0.4) is 0 Å². The molecule has 1 aromatic carbocycles. The number of aryl methyl sites for hydroxylation is 1. The van der Waals surface area contributed by atoms with Crippen LogP contribution >= 0.6 is 0 Å². The molecule has 22 heavy (non-hydrogen) atoms. The van der Waals surface area contributed by atoms with E-state index in [1.54, 1.807) is 24.3 Å². The van der Waals surface area contributed by atoms with Crippen molar-refractivity contribution in [2.75, 3.05) is 6.26 Å². The Labute approximate surface area is 130 Å². The van der Waals surface area contributed by atoms with Gasteiger partial charge in [-0.2, -0.15) is 0 Å². The van der Waals surface area contributed by atoms with E-state index >= 15 is 0 Å². The molecule has 0 atom stereocenters. The number of hydrogen-bond donors (Lipinski definition) is 1. The summed E-state index contributed by atoms with van der Waals surface area (Å²) < 4.78 is 28.0. The predicted octanol–water partition coefficient (Wildman–Crippen LogP) is 3.08. The molecule has 2 aromatic rings. The number of aromatic hydroxyl groups is 1. The van der Waals surface area contributed by atoms with Crippen molar-refractivity contribution < 1.29 is 18.3 Å². The van der Waals surface area contributed by atoms with Gasteiger partial charge in [0.2, 0.25) is 0 Å². The van der Waals surface area contributed by atoms with E-state index in [1.165, 1.54) is 6.20 Å². The van der Waals surface area contributed by atoms with Crippen molar-refractivity contribution in [2.24, 2.45) is 0 Å². The van der Waals surface area contributed by atoms with E-state index in [0.29, 0.717) is 17.2 Å². The van der Waals surface area contributed by atoms with E-state index in [1.807, 2.05) is 6.07 Å². The summed E-state index contributed by atoms with van der Waals surface area (Å²) in [7, 11) is -3.11. The first-order chi connectivity index (χ1) is 10.4. The minimum Gasteiger partial charge on any atom is -0.504 e. The maximum Gasteiger partial charge on any atom is 0.169 e. The van der Waals surface area contributed by atoms with Crippen molar-refractivity contribution in [1.29, 1.82) is 0 Å². The Hall–Kier alpha value is -2.08. The first-order valence-electron chi connectivity index (χ1n) is 7.00. The van der Waals surface area contributed by atoms with Gasteiger partial charge in [-0.25, -0.2) is 8.42 Å². The Balaban J connectivity index is 2.11. The van der Waals surface area contributed by atoms with Crippen LogP contribution < -0.4 is 4.74 Å². The number of nitrogens with zero attached hydrogens (tertiary/aromatic N) is 1. The van der Waals surface area contributed by atoms with Gasteiger partial charge in [0, 0.05) is 6.26 Å². The molecule has 0 saturated heterocycles. The number of ether oxygens (including phenoxy) is 1. The Morgan fingerprint density at radius 1 is 1.23 bits per heavy atom. The molecule has 0 fully saturated rings. The number of pyridine rings is 1. The third-order valence-corrected chi connectivity index (χ3v) is 3.82. The average Bonchev–Trinajstić information content (AvgIpc) is 2.42. The van der Waals surface area contributed by atoms with Crippen LogP contribution in [-0.4, -0.2) is 24.8 Å². The van der Waals surface area contributed by atoms with Gasteiger partial charge < -0.3 is 9.84 Å². The highest BCUT2D eigenvalue weighted by Gasteiger charge is 2.08. The van der Waals surface area contributed by atoms with Gasteiger partial charge in [0.25, 0.3) is 0 Å². The number of rotatable bonds is 6. The summed E-state index contributed by atoms with van der Waals surface area (Å²) in [6, 6.07) is 8.53. The molecular weight excluding hydrogens is 302 g/mol. The average molecular weight is 321 g/mol. The predicted molar refractivity (Wildman–Crippen MR) is 85.0 cm³/mol. The number of phenolic OH excluding ortho intramolecular Hbond substituents is 1. The molecule has 6 heteroatoms. The summed E-state index contributed by atoms with van der Waals surface area (Å²) in [6.07, 6.45) is 4.51. The van der Waals surface area contributed by atoms with E-state index in [2.05, 4.69) is 11.9 Å². The molecule has 0 amide bonds. The third-order valence-electron chi connectivity index (χ3n) is 3.00. The molecule has 0 aliphatic carbocycles. The highest BCUT2D eigenvalue weighted by molar-refractivity contribution is 7.89. The summed E-state index contributed by atoms with van der Waals surface area (Å²) in [4.78, 5) is 4.05. The van der Waals surface area contributed by atoms with Crippen LogP contribution in [0.15, 0.2) is 36.5 Å². The molecule has 0 unspecified atom stereocenters. The van der Waals surface area contributed by atoms with Gasteiger partial charge in [-0.3, -0.25) is 4.98 Å². The standard InChI is InChI=1S/C16H19NO4S/c1-3-4-12-5-8-16(15(18)9-12)21-14-7-6-13(17-10-14)11-22(2,19)20/h5-10,18H,3-4,11H2,1-2H3. The fourth-order valence-electron chi connectivity index (χ4n) is 2.05. The van der Waals surface area contributed by atoms with Crippen LogP contribution in [-0.2, 0) is 22.0 Å². The Morgan fingerprint density at radius 3 is 2.55 bits per heavy atom. The maximum absolute atomic E-state index is 11.2. The minimum absolute atomic E-state index is 0.0752. The zero-order valence-corrected chi connectivity index (χ0v) is 13.4. The van der Waals surface area contributed by atoms with Gasteiger partial charge in [0.15, 0.2) is 21.3 Å². The monoisotopic (exact) mass is 321 g/mol. The molecular formula is C16H19NO4S. The van der Waals surface area contributed by atoms with Gasteiger partial charge in [-0.05, 0) is 36.2 Å². The van der Waals surface area contributed by atoms with Crippen LogP contribution in [0.5, 0.6) is 17.2 Å². The molecule has 0 aliphatic heterocycles. The van der Waals surface area contributed by atoms with Crippen molar-refractivity contribution in [2.45, 2.75) is 25.5 Å². The first kappa shape index (κ1) is 16.3. The molecule has 0 radical (unpaired) electrons. The van der Waals surface area contributed by atoms with Gasteiger partial charge in [-0.15, -0.1) is 0 Å². The molecule has 0 aliphatic rings. The largest absolute Gasteiger partial charge is 0.504 e. The van der Waals surface area contributed by atoms with E-state index in [0.717, 1.165) is 24.7 Å². The molecule has 0 spiro atoms. The quantitative estimate of drug-likeness (QED) is 0.885. The molecule has 1 N–H and O–H groups in total. The summed E-state index contributed by atoms with van der Waals surface area (Å²) in [5, 5.41) is 9.96. The molecule has 118 valence electrons. The summed E-state index contributed by atoms with van der Waals surface area (Å²) in [5.74, 6) is 0.754. The fraction of sp³-hybridized carbons (Fsp3) is 0.312. The molecule has 2 rings (SSSR count). The lowest BCUT2D eigenvalue weighted by atomic mass is 10.1. The second-order valence-electron chi connectivity index (χ2n) is 5.21. The highest BCUT2D eigenvalue weighted by atomic mass is 32.2. The Morgan fingerprint density at radius 2 is 2.00 bits per heavy atom. The summed E-state index contributed by atoms with van der Waals surface area (Å²) >= 11 is 0. The van der Waals surface area contributed by atoms with Gasteiger partial charge in [0.1, 0.15) is 5.75 Å². The SMILES string of the molecule is CCCc1ccc(Oc2ccc(CS(C)(=O)=O)nc2)c(O)c1.